The van der Waals surface area contributed by atoms with Gasteiger partial charge in [0.05, 0.1) is 11.3 Å². The second-order valence-electron chi connectivity index (χ2n) is 4.07. The molecule has 0 unspecified atom stereocenters. The van der Waals surface area contributed by atoms with E-state index in [4.69, 9.17) is 5.11 Å². The van der Waals surface area contributed by atoms with Crippen LogP contribution in [-0.2, 0) is 6.54 Å². The molecule has 1 aromatic rings. The molecule has 94 valence electrons. The first-order valence-electron chi connectivity index (χ1n) is 6.08. The molecule has 0 amide bonds. The lowest BCUT2D eigenvalue weighted by atomic mass is 10.2. The predicted molar refractivity (Wildman–Crippen MR) is 67.1 cm³/mol. The summed E-state index contributed by atoms with van der Waals surface area (Å²) in [6.07, 6.45) is 3.79. The monoisotopic (exact) mass is 236 g/mol. The number of hydrogen-bond donors (Lipinski definition) is 1. The molecule has 0 aliphatic carbocycles. The summed E-state index contributed by atoms with van der Waals surface area (Å²) in [6.45, 7) is 7.14. The minimum absolute atomic E-state index is 0.241. The highest BCUT2D eigenvalue weighted by Gasteiger charge is 2.06. The molecule has 1 heterocycles. The summed E-state index contributed by atoms with van der Waals surface area (Å²) in [4.78, 5) is 17.2. The molecule has 0 bridgehead atoms. The van der Waals surface area contributed by atoms with Crippen LogP contribution in [-0.4, -0.2) is 34.0 Å². The summed E-state index contributed by atoms with van der Waals surface area (Å²) >= 11 is 0. The van der Waals surface area contributed by atoms with E-state index >= 15 is 0 Å². The Hall–Kier alpha value is -1.42. The topological polar surface area (TPSA) is 53.4 Å². The maximum Gasteiger partial charge on any atom is 0.337 e. The van der Waals surface area contributed by atoms with E-state index in [-0.39, 0.29) is 5.56 Å². The maximum atomic E-state index is 10.7. The van der Waals surface area contributed by atoms with Crippen molar-refractivity contribution in [2.24, 2.45) is 0 Å². The molecular formula is C13H20N2O2. The molecule has 0 aliphatic rings. The van der Waals surface area contributed by atoms with E-state index in [1.165, 1.54) is 19.0 Å². The molecule has 1 rings (SSSR count). The van der Waals surface area contributed by atoms with Crippen molar-refractivity contribution in [2.75, 3.05) is 13.1 Å². The maximum absolute atomic E-state index is 10.7. The smallest absolute Gasteiger partial charge is 0.337 e. The van der Waals surface area contributed by atoms with Crippen molar-refractivity contribution in [3.8, 4) is 0 Å². The molecule has 0 saturated heterocycles. The molecule has 1 aromatic heterocycles. The van der Waals surface area contributed by atoms with Gasteiger partial charge in [-0.1, -0.05) is 20.3 Å². The summed E-state index contributed by atoms with van der Waals surface area (Å²) in [5, 5.41) is 8.77. The van der Waals surface area contributed by atoms with Crippen LogP contribution in [0.15, 0.2) is 18.3 Å². The molecular weight excluding hydrogens is 216 g/mol. The minimum Gasteiger partial charge on any atom is -0.478 e. The SMILES string of the molecule is CCCCN(CC)Cc1ccc(C(=O)O)cn1. The van der Waals surface area contributed by atoms with E-state index in [0.29, 0.717) is 0 Å². The third-order valence-electron chi connectivity index (χ3n) is 2.73. The fourth-order valence-electron chi connectivity index (χ4n) is 1.60. The van der Waals surface area contributed by atoms with E-state index in [9.17, 15) is 4.79 Å². The van der Waals surface area contributed by atoms with Crippen molar-refractivity contribution < 1.29 is 9.90 Å². The highest BCUT2D eigenvalue weighted by Crippen LogP contribution is 2.05. The Labute approximate surface area is 102 Å². The number of carboxylic acid groups (broad SMARTS) is 1. The number of rotatable bonds is 7. The van der Waals surface area contributed by atoms with Crippen molar-refractivity contribution in [3.63, 3.8) is 0 Å². The first kappa shape index (κ1) is 13.6. The zero-order chi connectivity index (χ0) is 12.7. The van der Waals surface area contributed by atoms with Crippen LogP contribution < -0.4 is 0 Å². The van der Waals surface area contributed by atoms with Crippen LogP contribution in [0.3, 0.4) is 0 Å². The van der Waals surface area contributed by atoms with Gasteiger partial charge in [0.25, 0.3) is 0 Å². The molecule has 1 N–H and O–H groups in total. The highest BCUT2D eigenvalue weighted by molar-refractivity contribution is 5.87. The first-order valence-corrected chi connectivity index (χ1v) is 6.08. The fourth-order valence-corrected chi connectivity index (χ4v) is 1.60. The van der Waals surface area contributed by atoms with Gasteiger partial charge in [-0.3, -0.25) is 9.88 Å². The highest BCUT2D eigenvalue weighted by atomic mass is 16.4. The lowest BCUT2D eigenvalue weighted by Gasteiger charge is -2.19. The fraction of sp³-hybridized carbons (Fsp3) is 0.538. The first-order chi connectivity index (χ1) is 8.17. The molecule has 0 radical (unpaired) electrons. The van der Waals surface area contributed by atoms with Crippen molar-refractivity contribution in [3.05, 3.63) is 29.6 Å². The molecule has 0 atom stereocenters. The number of carboxylic acids is 1. The number of pyridine rings is 1. The van der Waals surface area contributed by atoms with Gasteiger partial charge in [0, 0.05) is 12.7 Å². The third kappa shape index (κ3) is 4.53. The Balaban J connectivity index is 2.57. The molecule has 0 saturated carbocycles. The van der Waals surface area contributed by atoms with Crippen LogP contribution in [0.4, 0.5) is 0 Å². The summed E-state index contributed by atoms with van der Waals surface area (Å²) in [6, 6.07) is 3.40. The van der Waals surface area contributed by atoms with Crippen LogP contribution in [0.25, 0.3) is 0 Å². The van der Waals surface area contributed by atoms with Gasteiger partial charge in [0.1, 0.15) is 0 Å². The zero-order valence-corrected chi connectivity index (χ0v) is 10.5. The molecule has 4 nitrogen and oxygen atoms in total. The average molecular weight is 236 g/mol. The molecule has 0 aliphatic heterocycles. The van der Waals surface area contributed by atoms with Gasteiger partial charge in [0.2, 0.25) is 0 Å². The Morgan fingerprint density at radius 2 is 2.18 bits per heavy atom. The molecule has 4 heteroatoms. The number of aromatic nitrogens is 1. The second-order valence-corrected chi connectivity index (χ2v) is 4.07. The number of nitrogens with zero attached hydrogens (tertiary/aromatic N) is 2. The van der Waals surface area contributed by atoms with Crippen LogP contribution in [0.1, 0.15) is 42.7 Å². The van der Waals surface area contributed by atoms with E-state index in [1.807, 2.05) is 0 Å². The summed E-state index contributed by atoms with van der Waals surface area (Å²) < 4.78 is 0. The molecule has 0 fully saturated rings. The van der Waals surface area contributed by atoms with Crippen LogP contribution in [0, 0.1) is 0 Å². The lowest BCUT2D eigenvalue weighted by Crippen LogP contribution is -2.24. The minimum atomic E-state index is -0.928. The summed E-state index contributed by atoms with van der Waals surface area (Å²) in [7, 11) is 0. The van der Waals surface area contributed by atoms with Gasteiger partial charge in [-0.15, -0.1) is 0 Å². The Morgan fingerprint density at radius 1 is 1.41 bits per heavy atom. The number of aromatic carboxylic acids is 1. The Morgan fingerprint density at radius 3 is 2.65 bits per heavy atom. The van der Waals surface area contributed by atoms with E-state index in [2.05, 4.69) is 23.7 Å². The standard InChI is InChI=1S/C13H20N2O2/c1-3-5-8-15(4-2)10-12-7-6-11(9-14-12)13(16)17/h6-7,9H,3-5,8,10H2,1-2H3,(H,16,17). The van der Waals surface area contributed by atoms with Crippen molar-refractivity contribution in [1.82, 2.24) is 9.88 Å². The van der Waals surface area contributed by atoms with Gasteiger partial charge < -0.3 is 5.11 Å². The van der Waals surface area contributed by atoms with Gasteiger partial charge >= 0.3 is 5.97 Å². The van der Waals surface area contributed by atoms with Crippen LogP contribution in [0.2, 0.25) is 0 Å². The van der Waals surface area contributed by atoms with Crippen molar-refractivity contribution in [2.45, 2.75) is 33.2 Å². The van der Waals surface area contributed by atoms with Crippen molar-refractivity contribution in [1.29, 1.82) is 0 Å². The Bertz CT molecular complexity index is 349. The zero-order valence-electron chi connectivity index (χ0n) is 10.5. The summed E-state index contributed by atoms with van der Waals surface area (Å²) in [5.74, 6) is -0.928. The number of unbranched alkanes of at least 4 members (excludes halogenated alkanes) is 1. The number of carbonyl (C=O) groups is 1. The molecule has 0 spiro atoms. The number of hydrogen-bond acceptors (Lipinski definition) is 3. The van der Waals surface area contributed by atoms with Gasteiger partial charge in [-0.2, -0.15) is 0 Å². The summed E-state index contributed by atoms with van der Waals surface area (Å²) in [5.41, 5.74) is 1.17. The van der Waals surface area contributed by atoms with Crippen LogP contribution >= 0.6 is 0 Å². The second kappa shape index (κ2) is 7.01. The quantitative estimate of drug-likeness (QED) is 0.789. The van der Waals surface area contributed by atoms with E-state index < -0.39 is 5.97 Å². The van der Waals surface area contributed by atoms with Gasteiger partial charge in [-0.25, -0.2) is 4.79 Å². The molecule has 0 aromatic carbocycles. The normalized spacial score (nSPS) is 10.8. The van der Waals surface area contributed by atoms with Crippen LogP contribution in [0.5, 0.6) is 0 Å². The van der Waals surface area contributed by atoms with Gasteiger partial charge in [-0.05, 0) is 31.6 Å². The predicted octanol–water partition coefficient (Wildman–Crippen LogP) is 2.40. The largest absolute Gasteiger partial charge is 0.478 e. The van der Waals surface area contributed by atoms with E-state index in [1.54, 1.807) is 12.1 Å². The lowest BCUT2D eigenvalue weighted by molar-refractivity contribution is 0.0696. The average Bonchev–Trinajstić information content (AvgIpc) is 2.35. The Kier molecular flexibility index (Phi) is 5.63. The van der Waals surface area contributed by atoms with E-state index in [0.717, 1.165) is 25.3 Å². The van der Waals surface area contributed by atoms with Crippen molar-refractivity contribution >= 4 is 5.97 Å². The van der Waals surface area contributed by atoms with Gasteiger partial charge in [0.15, 0.2) is 0 Å². The third-order valence-corrected chi connectivity index (χ3v) is 2.73. The molecule has 17 heavy (non-hydrogen) atoms.